The fourth-order valence-corrected chi connectivity index (χ4v) is 1.82. The second kappa shape index (κ2) is 8.53. The van der Waals surface area contributed by atoms with Crippen LogP contribution in [-0.2, 0) is 4.79 Å². The molecule has 0 saturated heterocycles. The molecule has 1 atom stereocenters. The van der Waals surface area contributed by atoms with Crippen molar-refractivity contribution in [3.63, 3.8) is 0 Å². The zero-order valence-electron chi connectivity index (χ0n) is 10.3. The Morgan fingerprint density at radius 3 is 2.78 bits per heavy atom. The van der Waals surface area contributed by atoms with Crippen molar-refractivity contribution in [3.05, 3.63) is 42.0 Å². The zero-order valence-corrected chi connectivity index (χ0v) is 11.1. The lowest BCUT2D eigenvalue weighted by molar-refractivity contribution is -0.138. The van der Waals surface area contributed by atoms with Crippen LogP contribution in [0.3, 0.4) is 0 Å². The fourth-order valence-electron chi connectivity index (χ4n) is 1.36. The van der Waals surface area contributed by atoms with E-state index in [4.69, 9.17) is 5.11 Å². The van der Waals surface area contributed by atoms with E-state index in [0.29, 0.717) is 6.42 Å². The summed E-state index contributed by atoms with van der Waals surface area (Å²) in [5.74, 6) is -0.0649. The van der Waals surface area contributed by atoms with Gasteiger partial charge in [0.1, 0.15) is 6.04 Å². The number of hydrogen-bond donors (Lipinski definition) is 1. The normalized spacial score (nSPS) is 13.2. The van der Waals surface area contributed by atoms with E-state index in [0.717, 1.165) is 11.3 Å². The van der Waals surface area contributed by atoms with Crippen LogP contribution in [0.5, 0.6) is 0 Å². The lowest BCUT2D eigenvalue weighted by atomic mass is 10.2. The molecular weight excluding hydrogens is 246 g/mol. The molecule has 1 rings (SSSR count). The van der Waals surface area contributed by atoms with Crippen LogP contribution in [0.25, 0.3) is 6.08 Å². The topological polar surface area (TPSA) is 49.7 Å². The number of carboxylic acids is 1. The van der Waals surface area contributed by atoms with E-state index in [2.05, 4.69) is 4.99 Å². The van der Waals surface area contributed by atoms with E-state index in [9.17, 15) is 4.79 Å². The number of thioether (sulfide) groups is 1. The molecule has 3 nitrogen and oxygen atoms in total. The molecule has 0 aliphatic carbocycles. The third-order valence-corrected chi connectivity index (χ3v) is 2.96. The van der Waals surface area contributed by atoms with Crippen molar-refractivity contribution >= 4 is 30.0 Å². The maximum Gasteiger partial charge on any atom is 0.328 e. The minimum Gasteiger partial charge on any atom is -0.480 e. The Kier molecular flexibility index (Phi) is 6.87. The monoisotopic (exact) mass is 263 g/mol. The average molecular weight is 263 g/mol. The SMILES string of the molecule is CSCCC(N=CC=Cc1ccccc1)C(=O)O. The highest BCUT2D eigenvalue weighted by atomic mass is 32.2. The summed E-state index contributed by atoms with van der Waals surface area (Å²) in [4.78, 5) is 15.0. The number of aliphatic imine (C=N–C) groups is 1. The number of nitrogens with zero attached hydrogens (tertiary/aromatic N) is 1. The number of aliphatic carboxylic acids is 1. The summed E-state index contributed by atoms with van der Waals surface area (Å²) in [6.45, 7) is 0. The molecule has 0 aromatic heterocycles. The Labute approximate surface area is 112 Å². The standard InChI is InChI=1S/C14H17NO2S/c1-18-11-9-13(14(16)17)15-10-5-8-12-6-3-2-4-7-12/h2-8,10,13H,9,11H2,1H3,(H,16,17). The van der Waals surface area contributed by atoms with E-state index in [1.54, 1.807) is 24.1 Å². The Hall–Kier alpha value is -1.55. The molecule has 1 aromatic carbocycles. The van der Waals surface area contributed by atoms with Crippen molar-refractivity contribution in [1.29, 1.82) is 0 Å². The van der Waals surface area contributed by atoms with Crippen molar-refractivity contribution in [2.75, 3.05) is 12.0 Å². The number of hydrogen-bond acceptors (Lipinski definition) is 3. The van der Waals surface area contributed by atoms with Crippen LogP contribution in [0.2, 0.25) is 0 Å². The van der Waals surface area contributed by atoms with Crippen LogP contribution in [0, 0.1) is 0 Å². The van der Waals surface area contributed by atoms with E-state index in [1.807, 2.05) is 42.7 Å². The van der Waals surface area contributed by atoms with Gasteiger partial charge in [-0.05, 0) is 30.1 Å². The molecule has 18 heavy (non-hydrogen) atoms. The van der Waals surface area contributed by atoms with Gasteiger partial charge in [0.25, 0.3) is 0 Å². The van der Waals surface area contributed by atoms with E-state index in [1.165, 1.54) is 0 Å². The first kappa shape index (κ1) is 14.5. The minimum absolute atomic E-state index is 0.562. The highest BCUT2D eigenvalue weighted by Crippen LogP contribution is 2.04. The smallest absolute Gasteiger partial charge is 0.328 e. The quantitative estimate of drug-likeness (QED) is 0.769. The third-order valence-electron chi connectivity index (χ3n) is 2.32. The summed E-state index contributed by atoms with van der Waals surface area (Å²) in [7, 11) is 0. The van der Waals surface area contributed by atoms with Gasteiger partial charge in [-0.2, -0.15) is 11.8 Å². The van der Waals surface area contributed by atoms with Gasteiger partial charge in [0.2, 0.25) is 0 Å². The number of carboxylic acid groups (broad SMARTS) is 1. The van der Waals surface area contributed by atoms with Gasteiger partial charge in [-0.25, -0.2) is 4.79 Å². The average Bonchev–Trinajstić information content (AvgIpc) is 2.38. The zero-order chi connectivity index (χ0) is 13.2. The van der Waals surface area contributed by atoms with Gasteiger partial charge in [0, 0.05) is 6.21 Å². The Morgan fingerprint density at radius 1 is 1.44 bits per heavy atom. The summed E-state index contributed by atoms with van der Waals surface area (Å²) in [6, 6.07) is 9.18. The van der Waals surface area contributed by atoms with Gasteiger partial charge in [-0.15, -0.1) is 0 Å². The Balaban J connectivity index is 2.51. The summed E-state index contributed by atoms with van der Waals surface area (Å²) >= 11 is 1.63. The molecule has 1 aromatic rings. The molecule has 96 valence electrons. The molecule has 0 radical (unpaired) electrons. The van der Waals surface area contributed by atoms with Crippen molar-refractivity contribution in [3.8, 4) is 0 Å². The molecule has 1 unspecified atom stereocenters. The molecule has 0 saturated carbocycles. The summed E-state index contributed by atoms with van der Waals surface area (Å²) < 4.78 is 0. The van der Waals surface area contributed by atoms with Gasteiger partial charge in [-0.1, -0.05) is 36.4 Å². The number of benzene rings is 1. The molecule has 0 amide bonds. The first-order valence-corrected chi connectivity index (χ1v) is 7.10. The van der Waals surface area contributed by atoms with Crippen molar-refractivity contribution in [1.82, 2.24) is 0 Å². The number of rotatable bonds is 7. The second-order valence-electron chi connectivity index (χ2n) is 3.70. The Bertz CT molecular complexity index is 415. The second-order valence-corrected chi connectivity index (χ2v) is 4.69. The fraction of sp³-hybridized carbons (Fsp3) is 0.286. The van der Waals surface area contributed by atoms with Crippen molar-refractivity contribution in [2.24, 2.45) is 4.99 Å². The lowest BCUT2D eigenvalue weighted by Crippen LogP contribution is -2.18. The van der Waals surface area contributed by atoms with E-state index >= 15 is 0 Å². The molecule has 4 heteroatoms. The van der Waals surface area contributed by atoms with Crippen molar-refractivity contribution in [2.45, 2.75) is 12.5 Å². The van der Waals surface area contributed by atoms with Crippen LogP contribution >= 0.6 is 11.8 Å². The van der Waals surface area contributed by atoms with Crippen LogP contribution in [0.1, 0.15) is 12.0 Å². The largest absolute Gasteiger partial charge is 0.480 e. The van der Waals surface area contributed by atoms with Crippen LogP contribution in [0.4, 0.5) is 0 Å². The highest BCUT2D eigenvalue weighted by Gasteiger charge is 2.13. The third kappa shape index (κ3) is 5.68. The first-order valence-electron chi connectivity index (χ1n) is 5.70. The predicted octanol–water partition coefficient (Wildman–Crippen LogP) is 2.98. The van der Waals surface area contributed by atoms with Gasteiger partial charge in [-0.3, -0.25) is 4.99 Å². The van der Waals surface area contributed by atoms with Crippen LogP contribution in [0.15, 0.2) is 41.4 Å². The summed E-state index contributed by atoms with van der Waals surface area (Å²) in [5.41, 5.74) is 1.07. The molecule has 0 aliphatic rings. The maximum absolute atomic E-state index is 10.9. The maximum atomic E-state index is 10.9. The van der Waals surface area contributed by atoms with Crippen LogP contribution in [-0.4, -0.2) is 35.3 Å². The number of carbonyl (C=O) groups is 1. The van der Waals surface area contributed by atoms with E-state index in [-0.39, 0.29) is 0 Å². The molecule has 0 fully saturated rings. The minimum atomic E-state index is -0.867. The number of allylic oxidation sites excluding steroid dienone is 1. The van der Waals surface area contributed by atoms with E-state index < -0.39 is 12.0 Å². The van der Waals surface area contributed by atoms with Gasteiger partial charge < -0.3 is 5.11 Å². The molecule has 0 heterocycles. The highest BCUT2D eigenvalue weighted by molar-refractivity contribution is 7.98. The first-order chi connectivity index (χ1) is 8.74. The summed E-state index contributed by atoms with van der Waals surface area (Å²) in [5, 5.41) is 8.97. The van der Waals surface area contributed by atoms with Gasteiger partial charge in [0.15, 0.2) is 0 Å². The van der Waals surface area contributed by atoms with Crippen molar-refractivity contribution < 1.29 is 9.90 Å². The molecular formula is C14H17NO2S. The molecule has 0 bridgehead atoms. The Morgan fingerprint density at radius 2 is 2.17 bits per heavy atom. The summed E-state index contributed by atoms with van der Waals surface area (Å²) in [6.07, 6.45) is 7.75. The lowest BCUT2D eigenvalue weighted by Gasteiger charge is -2.04. The molecule has 1 N–H and O–H groups in total. The van der Waals surface area contributed by atoms with Gasteiger partial charge >= 0.3 is 5.97 Å². The predicted molar refractivity (Wildman–Crippen MR) is 78.4 cm³/mol. The molecule has 0 spiro atoms. The van der Waals surface area contributed by atoms with Crippen LogP contribution < -0.4 is 0 Å². The molecule has 0 aliphatic heterocycles. The van der Waals surface area contributed by atoms with Gasteiger partial charge in [0.05, 0.1) is 0 Å².